The maximum Gasteiger partial charge on any atom is 0.150 e. The average molecular weight is 170 g/mol. The Bertz CT molecular complexity index is 205. The van der Waals surface area contributed by atoms with Gasteiger partial charge >= 0.3 is 0 Å². The van der Waals surface area contributed by atoms with Gasteiger partial charge in [0.2, 0.25) is 0 Å². The molecule has 0 spiro atoms. The van der Waals surface area contributed by atoms with Crippen LogP contribution in [0.15, 0.2) is 11.6 Å². The normalized spacial score (nSPS) is 25.5. The fourth-order valence-electron chi connectivity index (χ4n) is 1.29. The summed E-state index contributed by atoms with van der Waals surface area (Å²) in [5.41, 5.74) is 0. The molecular weight excluding hydrogens is 160 g/mol. The number of Topliss-reactive ketones (excluding diaryl/α,β-unsaturated/α-hetero) is 1. The molecule has 0 N–H and O–H groups in total. The third-order valence-electron chi connectivity index (χ3n) is 1.91. The van der Waals surface area contributed by atoms with Gasteiger partial charge in [-0.15, -0.1) is 11.8 Å². The number of nitrogens with zero attached hydrogens (tertiary/aromatic N) is 2. The van der Waals surface area contributed by atoms with Crippen LogP contribution in [0, 0.1) is 0 Å². The fraction of sp³-hybridized carbons (Fsp3) is 0.571. The van der Waals surface area contributed by atoms with Gasteiger partial charge in [0, 0.05) is 19.2 Å². The van der Waals surface area contributed by atoms with Crippen LogP contribution in [0.5, 0.6) is 0 Å². The maximum atomic E-state index is 10.9. The lowest BCUT2D eigenvalue weighted by molar-refractivity contribution is -0.117. The van der Waals surface area contributed by atoms with Crippen molar-refractivity contribution in [3.05, 3.63) is 11.6 Å². The number of carbonyl (C=O) groups is 1. The molecule has 1 fully saturated rings. The number of hydrazine groups is 1. The van der Waals surface area contributed by atoms with Crippen LogP contribution < -0.4 is 0 Å². The summed E-state index contributed by atoms with van der Waals surface area (Å²) in [5, 5.41) is 6.26. The first-order chi connectivity index (χ1) is 5.36. The number of hydrogen-bond donors (Lipinski definition) is 0. The van der Waals surface area contributed by atoms with E-state index in [2.05, 4.69) is 15.4 Å². The minimum atomic E-state index is 0.357. The van der Waals surface area contributed by atoms with Crippen LogP contribution in [-0.2, 0) is 4.79 Å². The molecular formula is C7H10N2OS. The van der Waals surface area contributed by atoms with Gasteiger partial charge in [0.15, 0.2) is 0 Å². The minimum absolute atomic E-state index is 0.357. The van der Waals surface area contributed by atoms with Crippen molar-refractivity contribution in [1.29, 1.82) is 0 Å². The van der Waals surface area contributed by atoms with Crippen molar-refractivity contribution < 1.29 is 4.79 Å². The van der Waals surface area contributed by atoms with Crippen molar-refractivity contribution in [2.24, 2.45) is 0 Å². The Hall–Kier alpha value is -0.480. The monoisotopic (exact) mass is 170 g/mol. The molecule has 0 amide bonds. The summed E-state index contributed by atoms with van der Waals surface area (Å²) in [4.78, 5) is 10.9. The Morgan fingerprint density at radius 2 is 2.45 bits per heavy atom. The van der Waals surface area contributed by atoms with E-state index >= 15 is 0 Å². The van der Waals surface area contributed by atoms with Crippen molar-refractivity contribution >= 4 is 17.5 Å². The Labute approximate surface area is 70.0 Å². The molecule has 0 bridgehead atoms. The molecule has 2 rings (SSSR count). The smallest absolute Gasteiger partial charge is 0.150 e. The van der Waals surface area contributed by atoms with Gasteiger partial charge < -0.3 is 5.01 Å². The van der Waals surface area contributed by atoms with Crippen LogP contribution in [0.25, 0.3) is 0 Å². The molecule has 3 nitrogen and oxygen atoms in total. The molecule has 0 radical (unpaired) electrons. The second kappa shape index (κ2) is 2.87. The zero-order valence-electron chi connectivity index (χ0n) is 6.19. The SMILES string of the molecule is O=C1CCN(N2C=CSC2)C1. The molecule has 0 aromatic carbocycles. The van der Waals surface area contributed by atoms with Crippen molar-refractivity contribution in [3.63, 3.8) is 0 Å². The van der Waals surface area contributed by atoms with Gasteiger partial charge in [0.25, 0.3) is 0 Å². The van der Waals surface area contributed by atoms with E-state index in [4.69, 9.17) is 0 Å². The largest absolute Gasteiger partial charge is 0.302 e. The summed E-state index contributed by atoms with van der Waals surface area (Å²) in [6, 6.07) is 0. The minimum Gasteiger partial charge on any atom is -0.302 e. The molecule has 2 heterocycles. The molecule has 4 heteroatoms. The quantitative estimate of drug-likeness (QED) is 0.576. The molecule has 2 aliphatic rings. The standard InChI is InChI=1S/C7H10N2OS/c10-7-1-2-8(5-7)9-3-4-11-6-9/h3-4H,1-2,5-6H2. The van der Waals surface area contributed by atoms with Crippen LogP contribution in [0.3, 0.4) is 0 Å². The first-order valence-electron chi connectivity index (χ1n) is 3.68. The highest BCUT2D eigenvalue weighted by Crippen LogP contribution is 2.19. The Morgan fingerprint density at radius 1 is 1.55 bits per heavy atom. The third kappa shape index (κ3) is 1.41. The first-order valence-corrected chi connectivity index (χ1v) is 4.72. The first kappa shape index (κ1) is 7.18. The lowest BCUT2D eigenvalue weighted by atomic mass is 10.4. The molecule has 0 aliphatic carbocycles. The third-order valence-corrected chi connectivity index (χ3v) is 2.63. The summed E-state index contributed by atoms with van der Waals surface area (Å²) in [6.07, 6.45) is 2.75. The Morgan fingerprint density at radius 3 is 3.00 bits per heavy atom. The number of carbonyl (C=O) groups excluding carboxylic acids is 1. The maximum absolute atomic E-state index is 10.9. The van der Waals surface area contributed by atoms with E-state index in [1.54, 1.807) is 11.8 Å². The molecule has 1 saturated heterocycles. The lowest BCUT2D eigenvalue weighted by Crippen LogP contribution is -2.35. The molecule has 0 atom stereocenters. The number of thioether (sulfide) groups is 1. The number of hydrogen-bond acceptors (Lipinski definition) is 4. The van der Waals surface area contributed by atoms with Crippen LogP contribution in [-0.4, -0.2) is 34.8 Å². The highest BCUT2D eigenvalue weighted by atomic mass is 32.2. The number of rotatable bonds is 1. The molecule has 11 heavy (non-hydrogen) atoms. The summed E-state index contributed by atoms with van der Waals surface area (Å²) in [6.45, 7) is 1.49. The van der Waals surface area contributed by atoms with Gasteiger partial charge in [-0.3, -0.25) is 4.79 Å². The molecule has 0 aromatic heterocycles. The van der Waals surface area contributed by atoms with E-state index in [1.165, 1.54) is 0 Å². The van der Waals surface area contributed by atoms with Gasteiger partial charge in [-0.25, -0.2) is 5.01 Å². The van der Waals surface area contributed by atoms with Crippen molar-refractivity contribution in [2.75, 3.05) is 19.0 Å². The molecule has 0 aromatic rings. The van der Waals surface area contributed by atoms with Crippen molar-refractivity contribution in [2.45, 2.75) is 6.42 Å². The number of ketones is 1. The van der Waals surface area contributed by atoms with Gasteiger partial charge in [-0.1, -0.05) is 0 Å². The second-order valence-corrected chi connectivity index (χ2v) is 3.56. The van der Waals surface area contributed by atoms with Crippen LogP contribution in [0.2, 0.25) is 0 Å². The molecule has 0 unspecified atom stereocenters. The highest BCUT2D eigenvalue weighted by Gasteiger charge is 2.23. The van der Waals surface area contributed by atoms with Gasteiger partial charge in [0.1, 0.15) is 5.78 Å². The zero-order valence-corrected chi connectivity index (χ0v) is 7.01. The van der Waals surface area contributed by atoms with E-state index in [1.807, 2.05) is 6.20 Å². The van der Waals surface area contributed by atoms with Crippen LogP contribution in [0.4, 0.5) is 0 Å². The summed E-state index contributed by atoms with van der Waals surface area (Å²) >= 11 is 1.76. The predicted octanol–water partition coefficient (Wildman–Crippen LogP) is 0.654. The fourth-order valence-corrected chi connectivity index (χ4v) is 2.00. The van der Waals surface area contributed by atoms with E-state index in [0.29, 0.717) is 12.3 Å². The van der Waals surface area contributed by atoms with E-state index in [9.17, 15) is 4.79 Å². The topological polar surface area (TPSA) is 23.6 Å². The molecule has 0 saturated carbocycles. The summed E-state index contributed by atoms with van der Waals surface area (Å²) < 4.78 is 0. The summed E-state index contributed by atoms with van der Waals surface area (Å²) in [5.74, 6) is 1.32. The second-order valence-electron chi connectivity index (χ2n) is 2.70. The average Bonchev–Trinajstić information content (AvgIpc) is 2.55. The van der Waals surface area contributed by atoms with E-state index in [0.717, 1.165) is 18.8 Å². The van der Waals surface area contributed by atoms with Gasteiger partial charge in [-0.05, 0) is 5.41 Å². The van der Waals surface area contributed by atoms with Gasteiger partial charge in [0.05, 0.1) is 12.4 Å². The predicted molar refractivity (Wildman–Crippen MR) is 44.6 cm³/mol. The van der Waals surface area contributed by atoms with Crippen LogP contribution >= 0.6 is 11.8 Å². The van der Waals surface area contributed by atoms with E-state index in [-0.39, 0.29) is 0 Å². The highest BCUT2D eigenvalue weighted by molar-refractivity contribution is 8.02. The Kier molecular flexibility index (Phi) is 1.87. The van der Waals surface area contributed by atoms with Crippen molar-refractivity contribution in [1.82, 2.24) is 10.0 Å². The molecule has 60 valence electrons. The van der Waals surface area contributed by atoms with Crippen molar-refractivity contribution in [3.8, 4) is 0 Å². The van der Waals surface area contributed by atoms with Crippen LogP contribution in [0.1, 0.15) is 6.42 Å². The zero-order chi connectivity index (χ0) is 7.68. The summed E-state index contributed by atoms with van der Waals surface area (Å²) in [7, 11) is 0. The molecule has 2 aliphatic heterocycles. The Balaban J connectivity index is 1.95. The van der Waals surface area contributed by atoms with Gasteiger partial charge in [-0.2, -0.15) is 0 Å². The lowest BCUT2D eigenvalue weighted by Gasteiger charge is -2.25. The van der Waals surface area contributed by atoms with E-state index < -0.39 is 0 Å².